The van der Waals surface area contributed by atoms with Gasteiger partial charge >= 0.3 is 0 Å². The van der Waals surface area contributed by atoms with Gasteiger partial charge in [0.1, 0.15) is 11.6 Å². The topological polar surface area (TPSA) is 23.5 Å². The van der Waals surface area contributed by atoms with E-state index in [2.05, 4.69) is 6.58 Å². The molecule has 0 fully saturated rings. The van der Waals surface area contributed by atoms with Crippen molar-refractivity contribution in [2.24, 2.45) is 0 Å². The molecule has 0 spiro atoms. The Hall–Kier alpha value is -1.52. The van der Waals surface area contributed by atoms with E-state index in [1.165, 1.54) is 17.4 Å². The van der Waals surface area contributed by atoms with Crippen molar-refractivity contribution in [1.82, 2.24) is 0 Å². The second-order valence-corrected chi connectivity index (χ2v) is 8.00. The summed E-state index contributed by atoms with van der Waals surface area (Å²) in [6.07, 6.45) is 0. The highest BCUT2D eigenvalue weighted by Gasteiger charge is 2.41. The lowest BCUT2D eigenvalue weighted by Gasteiger charge is -2.22. The average Bonchev–Trinajstić information content (AvgIpc) is 2.92. The monoisotopic (exact) mass is 337 g/mol. The van der Waals surface area contributed by atoms with Crippen molar-refractivity contribution in [2.45, 2.75) is 26.2 Å². The van der Waals surface area contributed by atoms with Crippen LogP contribution in [0.5, 0.6) is 5.75 Å². The molecule has 0 aliphatic carbocycles. The molecule has 3 rings (SSSR count). The van der Waals surface area contributed by atoms with Crippen LogP contribution in [0, 0.1) is 5.82 Å². The van der Waals surface area contributed by atoms with Crippen LogP contribution in [0.4, 0.5) is 10.1 Å². The lowest BCUT2D eigenvalue weighted by molar-refractivity contribution is 0.470. The van der Waals surface area contributed by atoms with E-state index in [9.17, 15) is 9.50 Å². The first-order valence-corrected chi connectivity index (χ1v) is 8.16. The number of rotatable bonds is 2. The zero-order valence-electron chi connectivity index (χ0n) is 12.7. The minimum absolute atomic E-state index is 0.0486. The number of benzene rings is 1. The average molecular weight is 338 g/mol. The molecule has 0 amide bonds. The predicted molar refractivity (Wildman–Crippen MR) is 91.6 cm³/mol. The Bertz CT molecular complexity index is 781. The highest BCUT2D eigenvalue weighted by molar-refractivity contribution is 7.19. The van der Waals surface area contributed by atoms with E-state index in [1.54, 1.807) is 6.07 Å². The summed E-state index contributed by atoms with van der Waals surface area (Å²) in [6.45, 7) is 10.6. The molecule has 0 atom stereocenters. The Morgan fingerprint density at radius 2 is 2.14 bits per heavy atom. The molecule has 0 saturated carbocycles. The van der Waals surface area contributed by atoms with Gasteiger partial charge < -0.3 is 10.0 Å². The highest BCUT2D eigenvalue weighted by atomic mass is 35.5. The number of allylic oxidation sites excluding steroid dienone is 1. The maximum atomic E-state index is 14.6. The summed E-state index contributed by atoms with van der Waals surface area (Å²) in [5.41, 5.74) is 2.51. The van der Waals surface area contributed by atoms with Gasteiger partial charge in [-0.1, -0.05) is 32.0 Å². The van der Waals surface area contributed by atoms with Crippen LogP contribution < -0.4 is 4.90 Å². The number of thiophene rings is 1. The van der Waals surface area contributed by atoms with Gasteiger partial charge in [-0.2, -0.15) is 0 Å². The fourth-order valence-electron chi connectivity index (χ4n) is 3.13. The van der Waals surface area contributed by atoms with Crippen LogP contribution in [0.2, 0.25) is 4.34 Å². The first-order chi connectivity index (χ1) is 10.2. The first kappa shape index (κ1) is 15.4. The second kappa shape index (κ2) is 5.00. The zero-order chi connectivity index (χ0) is 16.2. The molecule has 0 unspecified atom stereocenters. The molecule has 5 heteroatoms. The minimum atomic E-state index is -0.425. The number of nitrogens with zero attached hydrogens (tertiary/aromatic N) is 1. The maximum Gasteiger partial charge on any atom is 0.142 e. The Labute approximate surface area is 138 Å². The zero-order valence-corrected chi connectivity index (χ0v) is 14.3. The van der Waals surface area contributed by atoms with E-state index in [0.717, 1.165) is 16.1 Å². The number of anilines is 1. The maximum absolute atomic E-state index is 14.6. The van der Waals surface area contributed by atoms with E-state index in [4.69, 9.17) is 11.6 Å². The molecule has 1 aromatic heterocycles. The Morgan fingerprint density at radius 3 is 2.68 bits per heavy atom. The number of hydrogen-bond acceptors (Lipinski definition) is 3. The third-order valence-corrected chi connectivity index (χ3v) is 5.26. The molecular weight excluding hydrogens is 321 g/mol. The van der Waals surface area contributed by atoms with Crippen molar-refractivity contribution in [2.75, 3.05) is 11.4 Å². The van der Waals surface area contributed by atoms with Gasteiger partial charge in [0.15, 0.2) is 0 Å². The molecule has 2 aromatic rings. The summed E-state index contributed by atoms with van der Waals surface area (Å²) in [5.74, 6) is -0.473. The Morgan fingerprint density at radius 1 is 1.45 bits per heavy atom. The van der Waals surface area contributed by atoms with Crippen LogP contribution in [0.1, 0.15) is 26.3 Å². The molecule has 116 valence electrons. The van der Waals surface area contributed by atoms with Crippen LogP contribution in [-0.2, 0) is 5.41 Å². The quantitative estimate of drug-likeness (QED) is 0.777. The first-order valence-electron chi connectivity index (χ1n) is 6.97. The second-order valence-electron chi connectivity index (χ2n) is 6.29. The van der Waals surface area contributed by atoms with Crippen molar-refractivity contribution >= 4 is 28.6 Å². The lowest BCUT2D eigenvalue weighted by atomic mass is 9.83. The normalized spacial score (nSPS) is 16.0. The number of phenolic OH excluding ortho intramolecular Hbond substituents is 1. The third kappa shape index (κ3) is 2.22. The Kier molecular flexibility index (Phi) is 3.49. The number of aromatic hydroxyl groups is 1. The van der Waals surface area contributed by atoms with E-state index in [1.807, 2.05) is 31.7 Å². The third-order valence-electron chi connectivity index (χ3n) is 4.01. The van der Waals surface area contributed by atoms with Gasteiger partial charge in [-0.3, -0.25) is 0 Å². The van der Waals surface area contributed by atoms with Crippen molar-refractivity contribution in [3.8, 4) is 16.2 Å². The summed E-state index contributed by atoms with van der Waals surface area (Å²) in [4.78, 5) is 2.72. The minimum Gasteiger partial charge on any atom is -0.506 e. The van der Waals surface area contributed by atoms with Crippen LogP contribution in [0.3, 0.4) is 0 Å². The number of halogens is 2. The standard InChI is InChI=1S/C17H17ClFNOS/c1-9(2)20-8-17(3,4)15-14(12-5-6-13(18)22-12)10(19)7-11(21)16(15)20/h5-7,21H,1,8H2,2-4H3. The molecule has 0 saturated heterocycles. The number of phenols is 1. The van der Waals surface area contributed by atoms with E-state index in [0.29, 0.717) is 22.1 Å². The molecule has 22 heavy (non-hydrogen) atoms. The molecule has 1 N–H and O–H groups in total. The largest absolute Gasteiger partial charge is 0.506 e. The molecule has 1 aromatic carbocycles. The molecule has 1 aliphatic heterocycles. The number of fused-ring (bicyclic) bond motifs is 1. The highest BCUT2D eigenvalue weighted by Crippen LogP contribution is 2.53. The summed E-state index contributed by atoms with van der Waals surface area (Å²) < 4.78 is 15.2. The molecule has 0 bridgehead atoms. The number of hydrogen-bond donors (Lipinski definition) is 1. The molecule has 0 radical (unpaired) electrons. The predicted octanol–water partition coefficient (Wildman–Crippen LogP) is 5.54. The van der Waals surface area contributed by atoms with Crippen molar-refractivity contribution < 1.29 is 9.50 Å². The summed E-state index contributed by atoms with van der Waals surface area (Å²) >= 11 is 7.36. The fourth-order valence-corrected chi connectivity index (χ4v) is 4.22. The van der Waals surface area contributed by atoms with Crippen LogP contribution >= 0.6 is 22.9 Å². The van der Waals surface area contributed by atoms with Crippen LogP contribution in [0.15, 0.2) is 30.5 Å². The summed E-state index contributed by atoms with van der Waals surface area (Å²) in [6, 6.07) is 4.76. The van der Waals surface area contributed by atoms with E-state index < -0.39 is 5.82 Å². The van der Waals surface area contributed by atoms with Crippen molar-refractivity contribution in [3.63, 3.8) is 0 Å². The molecular formula is C17H17ClFNOS. The fraction of sp³-hybridized carbons (Fsp3) is 0.294. The van der Waals surface area contributed by atoms with Crippen molar-refractivity contribution in [3.05, 3.63) is 46.2 Å². The summed E-state index contributed by atoms with van der Waals surface area (Å²) in [5, 5.41) is 10.3. The summed E-state index contributed by atoms with van der Waals surface area (Å²) in [7, 11) is 0. The Balaban J connectivity index is 2.36. The SMILES string of the molecule is C=C(C)N1CC(C)(C)c2c(-c3ccc(Cl)s3)c(F)cc(O)c21. The van der Waals surface area contributed by atoms with Gasteiger partial charge in [-0.25, -0.2) is 4.39 Å². The van der Waals surface area contributed by atoms with Gasteiger partial charge in [0.2, 0.25) is 0 Å². The smallest absolute Gasteiger partial charge is 0.142 e. The van der Waals surface area contributed by atoms with Crippen LogP contribution in [0.25, 0.3) is 10.4 Å². The van der Waals surface area contributed by atoms with Gasteiger partial charge in [0.05, 0.1) is 10.0 Å². The van der Waals surface area contributed by atoms with E-state index >= 15 is 0 Å². The molecule has 2 nitrogen and oxygen atoms in total. The lowest BCUT2D eigenvalue weighted by Crippen LogP contribution is -2.27. The van der Waals surface area contributed by atoms with Gasteiger partial charge in [-0.15, -0.1) is 11.3 Å². The van der Waals surface area contributed by atoms with Gasteiger partial charge in [0.25, 0.3) is 0 Å². The molecule has 2 heterocycles. The van der Waals surface area contributed by atoms with Gasteiger partial charge in [-0.05, 0) is 24.6 Å². The van der Waals surface area contributed by atoms with E-state index in [-0.39, 0.29) is 11.2 Å². The van der Waals surface area contributed by atoms with Crippen molar-refractivity contribution in [1.29, 1.82) is 0 Å². The van der Waals surface area contributed by atoms with Gasteiger partial charge in [0, 0.05) is 34.2 Å². The molecule has 1 aliphatic rings. The van der Waals surface area contributed by atoms with Crippen LogP contribution in [-0.4, -0.2) is 11.7 Å².